The van der Waals surface area contributed by atoms with Gasteiger partial charge < -0.3 is 10.1 Å². The molecule has 1 aliphatic heterocycles. The van der Waals surface area contributed by atoms with Gasteiger partial charge in [-0.1, -0.05) is 31.5 Å². The molecular weight excluding hydrogens is 392 g/mol. The fourth-order valence-electron chi connectivity index (χ4n) is 3.80. The van der Waals surface area contributed by atoms with Crippen molar-refractivity contribution in [1.29, 1.82) is 0 Å². The van der Waals surface area contributed by atoms with Crippen LogP contribution >= 0.6 is 11.8 Å². The molecule has 1 N–H and O–H groups in total. The number of piperidine rings is 1. The maximum absolute atomic E-state index is 12.5. The van der Waals surface area contributed by atoms with Crippen LogP contribution in [0.1, 0.15) is 48.5 Å². The predicted octanol–water partition coefficient (Wildman–Crippen LogP) is 5.23. The molecule has 0 spiro atoms. The lowest BCUT2D eigenvalue weighted by Crippen LogP contribution is -2.38. The minimum Gasteiger partial charge on any atom is -0.494 e. The normalized spacial score (nSPS) is 15.1. The van der Waals surface area contributed by atoms with Crippen LogP contribution < -0.4 is 10.1 Å². The Hall–Kier alpha value is -1.98. The summed E-state index contributed by atoms with van der Waals surface area (Å²) >= 11 is 1.82. The number of amides is 1. The lowest BCUT2D eigenvalue weighted by atomic mass is 9.96. The number of ether oxygens (including phenoxy) is 1. The number of thioether (sulfide) groups is 1. The second-order valence-electron chi connectivity index (χ2n) is 7.97. The number of nitrogens with zero attached hydrogens (tertiary/aromatic N) is 1. The van der Waals surface area contributed by atoms with Crippen LogP contribution in [0.4, 0.5) is 0 Å². The summed E-state index contributed by atoms with van der Waals surface area (Å²) in [4.78, 5) is 16.4. The highest BCUT2D eigenvalue weighted by Gasteiger charge is 2.20. The Morgan fingerprint density at radius 3 is 2.57 bits per heavy atom. The van der Waals surface area contributed by atoms with Gasteiger partial charge in [0.2, 0.25) is 0 Å². The smallest absolute Gasteiger partial charge is 0.251 e. The second kappa shape index (κ2) is 12.0. The number of unbranched alkanes of at least 4 members (excludes halogenated alkanes) is 1. The van der Waals surface area contributed by atoms with Gasteiger partial charge in [0, 0.05) is 23.5 Å². The van der Waals surface area contributed by atoms with E-state index in [0.29, 0.717) is 11.5 Å². The number of carbonyl (C=O) groups excluding carboxylic acids is 1. The molecule has 0 bridgehead atoms. The van der Waals surface area contributed by atoms with E-state index in [9.17, 15) is 4.79 Å². The van der Waals surface area contributed by atoms with Gasteiger partial charge in [0.05, 0.1) is 6.61 Å². The van der Waals surface area contributed by atoms with Crippen molar-refractivity contribution >= 4 is 17.7 Å². The fourth-order valence-corrected chi connectivity index (χ4v) is 4.41. The molecule has 0 saturated carbocycles. The first kappa shape index (κ1) is 22.7. The zero-order chi connectivity index (χ0) is 21.2. The standard InChI is InChI=1S/C25H34N2O2S/c1-3-4-17-29-23-11-9-21(10-12-23)25(28)26-18-20-13-15-27(16-14-20)19-22-7-5-6-8-24(22)30-2/h5-12,20H,3-4,13-19H2,1-2H3,(H,26,28). The number of hydrogen-bond acceptors (Lipinski definition) is 4. The molecule has 0 aliphatic carbocycles. The molecule has 2 aromatic carbocycles. The predicted molar refractivity (Wildman–Crippen MR) is 125 cm³/mol. The van der Waals surface area contributed by atoms with E-state index in [1.165, 1.54) is 10.5 Å². The van der Waals surface area contributed by atoms with E-state index in [-0.39, 0.29) is 5.91 Å². The van der Waals surface area contributed by atoms with E-state index < -0.39 is 0 Å². The molecule has 1 heterocycles. The molecule has 30 heavy (non-hydrogen) atoms. The Bertz CT molecular complexity index is 786. The van der Waals surface area contributed by atoms with E-state index >= 15 is 0 Å². The van der Waals surface area contributed by atoms with Crippen LogP contribution in [-0.4, -0.2) is 43.3 Å². The Morgan fingerprint density at radius 1 is 1.13 bits per heavy atom. The summed E-state index contributed by atoms with van der Waals surface area (Å²) in [6, 6.07) is 16.1. The molecule has 1 fully saturated rings. The van der Waals surface area contributed by atoms with Crippen molar-refractivity contribution < 1.29 is 9.53 Å². The quantitative estimate of drug-likeness (QED) is 0.417. The summed E-state index contributed by atoms with van der Waals surface area (Å²) in [6.45, 7) is 6.82. The van der Waals surface area contributed by atoms with Crippen molar-refractivity contribution in [3.63, 3.8) is 0 Å². The van der Waals surface area contributed by atoms with E-state index in [0.717, 1.165) is 64.2 Å². The Morgan fingerprint density at radius 2 is 1.87 bits per heavy atom. The molecule has 1 aliphatic rings. The summed E-state index contributed by atoms with van der Waals surface area (Å²) < 4.78 is 5.67. The largest absolute Gasteiger partial charge is 0.494 e. The molecule has 162 valence electrons. The summed E-state index contributed by atoms with van der Waals surface area (Å²) in [5.41, 5.74) is 2.11. The van der Waals surface area contributed by atoms with Crippen molar-refractivity contribution in [3.8, 4) is 5.75 Å². The van der Waals surface area contributed by atoms with Crippen molar-refractivity contribution in [3.05, 3.63) is 59.7 Å². The van der Waals surface area contributed by atoms with E-state index in [1.54, 1.807) is 0 Å². The molecule has 2 aromatic rings. The first-order valence-electron chi connectivity index (χ1n) is 11.0. The zero-order valence-corrected chi connectivity index (χ0v) is 19.0. The molecule has 5 heteroatoms. The monoisotopic (exact) mass is 426 g/mol. The Labute approximate surface area is 185 Å². The van der Waals surface area contributed by atoms with E-state index in [4.69, 9.17) is 4.74 Å². The summed E-state index contributed by atoms with van der Waals surface area (Å²) in [7, 11) is 0. The number of rotatable bonds is 10. The van der Waals surface area contributed by atoms with Crippen LogP contribution in [0.2, 0.25) is 0 Å². The minimum atomic E-state index is 0.00596. The molecule has 1 saturated heterocycles. The number of carbonyl (C=O) groups is 1. The van der Waals surface area contributed by atoms with Crippen molar-refractivity contribution in [2.45, 2.75) is 44.0 Å². The fraction of sp³-hybridized carbons (Fsp3) is 0.480. The lowest BCUT2D eigenvalue weighted by molar-refractivity contribution is 0.0935. The first-order chi connectivity index (χ1) is 14.7. The summed E-state index contributed by atoms with van der Waals surface area (Å²) in [6.07, 6.45) is 6.56. The van der Waals surface area contributed by atoms with Crippen molar-refractivity contribution in [2.75, 3.05) is 32.5 Å². The molecule has 0 aromatic heterocycles. The SMILES string of the molecule is CCCCOc1ccc(C(=O)NCC2CCN(Cc3ccccc3SC)CC2)cc1. The van der Waals surface area contributed by atoms with Gasteiger partial charge in [-0.05, 0) is 80.4 Å². The molecule has 0 radical (unpaired) electrons. The second-order valence-corrected chi connectivity index (χ2v) is 8.82. The average molecular weight is 427 g/mol. The Balaban J connectivity index is 1.39. The van der Waals surface area contributed by atoms with Crippen LogP contribution in [0.15, 0.2) is 53.4 Å². The molecular formula is C25H34N2O2S. The third-order valence-electron chi connectivity index (χ3n) is 5.73. The van der Waals surface area contributed by atoms with Crippen LogP contribution in [0.3, 0.4) is 0 Å². The van der Waals surface area contributed by atoms with E-state index in [2.05, 4.69) is 47.7 Å². The molecule has 0 unspecified atom stereocenters. The highest BCUT2D eigenvalue weighted by atomic mass is 32.2. The van der Waals surface area contributed by atoms with Crippen LogP contribution in [0, 0.1) is 5.92 Å². The van der Waals surface area contributed by atoms with Gasteiger partial charge in [-0.15, -0.1) is 11.8 Å². The molecule has 3 rings (SSSR count). The van der Waals surface area contributed by atoms with Gasteiger partial charge >= 0.3 is 0 Å². The van der Waals surface area contributed by atoms with Gasteiger partial charge in [0.25, 0.3) is 5.91 Å². The number of likely N-dealkylation sites (tertiary alicyclic amines) is 1. The van der Waals surface area contributed by atoms with Gasteiger partial charge in [-0.3, -0.25) is 9.69 Å². The molecule has 1 amide bonds. The third kappa shape index (κ3) is 6.78. The number of benzene rings is 2. The topological polar surface area (TPSA) is 41.6 Å². The van der Waals surface area contributed by atoms with Gasteiger partial charge in [0.1, 0.15) is 5.75 Å². The highest BCUT2D eigenvalue weighted by molar-refractivity contribution is 7.98. The van der Waals surface area contributed by atoms with Crippen LogP contribution in [0.5, 0.6) is 5.75 Å². The van der Waals surface area contributed by atoms with Crippen molar-refractivity contribution in [2.24, 2.45) is 5.92 Å². The van der Waals surface area contributed by atoms with Crippen LogP contribution in [-0.2, 0) is 6.54 Å². The van der Waals surface area contributed by atoms with Gasteiger partial charge in [0.15, 0.2) is 0 Å². The third-order valence-corrected chi connectivity index (χ3v) is 6.57. The first-order valence-corrected chi connectivity index (χ1v) is 12.3. The highest BCUT2D eigenvalue weighted by Crippen LogP contribution is 2.24. The maximum atomic E-state index is 12.5. The minimum absolute atomic E-state index is 0.00596. The van der Waals surface area contributed by atoms with Crippen LogP contribution in [0.25, 0.3) is 0 Å². The number of hydrogen-bond donors (Lipinski definition) is 1. The number of nitrogens with one attached hydrogen (secondary N) is 1. The Kier molecular flexibility index (Phi) is 9.09. The molecule has 4 nitrogen and oxygen atoms in total. The maximum Gasteiger partial charge on any atom is 0.251 e. The molecule has 0 atom stereocenters. The van der Waals surface area contributed by atoms with Gasteiger partial charge in [-0.25, -0.2) is 0 Å². The summed E-state index contributed by atoms with van der Waals surface area (Å²) in [5.74, 6) is 1.39. The van der Waals surface area contributed by atoms with E-state index in [1.807, 2.05) is 36.0 Å². The lowest BCUT2D eigenvalue weighted by Gasteiger charge is -2.32. The average Bonchev–Trinajstić information content (AvgIpc) is 2.79. The zero-order valence-electron chi connectivity index (χ0n) is 18.2. The summed E-state index contributed by atoms with van der Waals surface area (Å²) in [5, 5.41) is 3.12. The van der Waals surface area contributed by atoms with Gasteiger partial charge in [-0.2, -0.15) is 0 Å². The van der Waals surface area contributed by atoms with Crippen molar-refractivity contribution in [1.82, 2.24) is 10.2 Å².